The van der Waals surface area contributed by atoms with Gasteiger partial charge in [0.2, 0.25) is 0 Å². The second-order valence-electron chi connectivity index (χ2n) is 2.45. The van der Waals surface area contributed by atoms with E-state index >= 15 is 0 Å². The number of pyridine rings is 1. The Hall–Kier alpha value is -2.31. The number of fused-ring (bicyclic) bond motifs is 1. The van der Waals surface area contributed by atoms with Crippen molar-refractivity contribution in [2.45, 2.75) is 0 Å². The number of carbonyl (C=O) groups is 1. The zero-order valence-corrected chi connectivity index (χ0v) is 6.75. The van der Waals surface area contributed by atoms with Gasteiger partial charge >= 0.3 is 5.97 Å². The molecule has 0 saturated carbocycles. The van der Waals surface area contributed by atoms with Crippen LogP contribution in [0.1, 0.15) is 10.5 Å². The fourth-order valence-electron chi connectivity index (χ4n) is 1.00. The van der Waals surface area contributed by atoms with E-state index in [1.807, 2.05) is 0 Å². The summed E-state index contributed by atoms with van der Waals surface area (Å²) in [4.78, 5) is 17.9. The molecule has 0 aliphatic heterocycles. The van der Waals surface area contributed by atoms with E-state index in [2.05, 4.69) is 20.2 Å². The van der Waals surface area contributed by atoms with Gasteiger partial charge in [-0.25, -0.2) is 14.8 Å². The van der Waals surface area contributed by atoms with Gasteiger partial charge in [-0.3, -0.25) is 0 Å². The Kier molecular flexibility index (Phi) is 1.70. The normalized spacial score (nSPS) is 10.3. The summed E-state index contributed by atoms with van der Waals surface area (Å²) in [6, 6.07) is 0. The molecular formula is C7H4N4O3. The summed E-state index contributed by atoms with van der Waals surface area (Å²) in [5.41, 5.74) is -0.137. The Morgan fingerprint density at radius 2 is 2.14 bits per heavy atom. The van der Waals surface area contributed by atoms with E-state index in [9.17, 15) is 9.90 Å². The van der Waals surface area contributed by atoms with Gasteiger partial charge in [0.25, 0.3) is 0 Å². The van der Waals surface area contributed by atoms with Crippen LogP contribution in [-0.4, -0.2) is 36.3 Å². The molecule has 0 fully saturated rings. The van der Waals surface area contributed by atoms with E-state index in [0.717, 1.165) is 0 Å². The second-order valence-corrected chi connectivity index (χ2v) is 2.45. The molecule has 0 aromatic carbocycles. The van der Waals surface area contributed by atoms with Gasteiger partial charge in [0, 0.05) is 0 Å². The molecule has 7 nitrogen and oxygen atoms in total. The van der Waals surface area contributed by atoms with Gasteiger partial charge in [-0.2, -0.15) is 0 Å². The molecule has 0 saturated heterocycles. The molecular weight excluding hydrogens is 188 g/mol. The van der Waals surface area contributed by atoms with E-state index < -0.39 is 17.4 Å². The minimum atomic E-state index is -1.32. The molecule has 0 radical (unpaired) electrons. The highest BCUT2D eigenvalue weighted by Gasteiger charge is 2.15. The molecule has 0 aliphatic carbocycles. The third-order valence-corrected chi connectivity index (χ3v) is 1.62. The van der Waals surface area contributed by atoms with Crippen LogP contribution in [0, 0.1) is 0 Å². The van der Waals surface area contributed by atoms with E-state index in [0.29, 0.717) is 5.52 Å². The maximum Gasteiger partial charge on any atom is 0.358 e. The summed E-state index contributed by atoms with van der Waals surface area (Å²) in [7, 11) is 0. The first-order valence-corrected chi connectivity index (χ1v) is 3.59. The van der Waals surface area contributed by atoms with E-state index in [1.165, 1.54) is 12.5 Å². The highest BCUT2D eigenvalue weighted by atomic mass is 16.4. The predicted molar refractivity (Wildman–Crippen MR) is 43.8 cm³/mol. The molecule has 0 spiro atoms. The Morgan fingerprint density at radius 3 is 2.86 bits per heavy atom. The average molecular weight is 192 g/mol. The first-order valence-electron chi connectivity index (χ1n) is 3.59. The van der Waals surface area contributed by atoms with Crippen LogP contribution in [-0.2, 0) is 0 Å². The predicted octanol–water partition coefficient (Wildman–Crippen LogP) is -0.176. The fraction of sp³-hybridized carbons (Fsp3) is 0. The van der Waals surface area contributed by atoms with Crippen molar-refractivity contribution in [1.29, 1.82) is 0 Å². The summed E-state index contributed by atoms with van der Waals surface area (Å²) >= 11 is 0. The van der Waals surface area contributed by atoms with Crippen LogP contribution in [0.25, 0.3) is 11.0 Å². The van der Waals surface area contributed by atoms with Crippen molar-refractivity contribution in [1.82, 2.24) is 20.2 Å². The minimum absolute atomic E-state index is 0.0277. The summed E-state index contributed by atoms with van der Waals surface area (Å²) in [6.07, 6.45) is 2.40. The van der Waals surface area contributed by atoms with Gasteiger partial charge in [-0.1, -0.05) is 0 Å². The maximum atomic E-state index is 10.6. The molecule has 14 heavy (non-hydrogen) atoms. The topological polar surface area (TPSA) is 109 Å². The van der Waals surface area contributed by atoms with Crippen LogP contribution in [0.3, 0.4) is 0 Å². The number of aromatic hydroxyl groups is 1. The highest BCUT2D eigenvalue weighted by molar-refractivity contribution is 5.94. The molecule has 2 N–H and O–H groups in total. The van der Waals surface area contributed by atoms with Crippen molar-refractivity contribution in [2.75, 3.05) is 0 Å². The fourth-order valence-corrected chi connectivity index (χ4v) is 1.00. The van der Waals surface area contributed by atoms with Gasteiger partial charge in [-0.05, 0) is 0 Å². The number of carboxylic acid groups (broad SMARTS) is 1. The number of rotatable bonds is 1. The third kappa shape index (κ3) is 1.11. The van der Waals surface area contributed by atoms with Gasteiger partial charge in [0.15, 0.2) is 17.0 Å². The molecule has 2 aromatic heterocycles. The molecule has 0 unspecified atom stereocenters. The van der Waals surface area contributed by atoms with Crippen molar-refractivity contribution < 1.29 is 15.0 Å². The monoisotopic (exact) mass is 192 g/mol. The maximum absolute atomic E-state index is 10.6. The Bertz CT molecular complexity index is 513. The van der Waals surface area contributed by atoms with Crippen molar-refractivity contribution in [3.63, 3.8) is 0 Å². The van der Waals surface area contributed by atoms with E-state index in [1.54, 1.807) is 0 Å². The Balaban J connectivity index is 2.81. The number of nitrogens with zero attached hydrogens (tertiary/aromatic N) is 4. The number of carboxylic acids is 1. The highest BCUT2D eigenvalue weighted by Crippen LogP contribution is 2.22. The quantitative estimate of drug-likeness (QED) is 0.645. The zero-order chi connectivity index (χ0) is 10.1. The van der Waals surface area contributed by atoms with Crippen LogP contribution >= 0.6 is 0 Å². The zero-order valence-electron chi connectivity index (χ0n) is 6.75. The lowest BCUT2D eigenvalue weighted by atomic mass is 10.3. The van der Waals surface area contributed by atoms with Gasteiger partial charge in [0.05, 0.1) is 6.20 Å². The largest absolute Gasteiger partial charge is 0.504 e. The molecule has 0 bridgehead atoms. The average Bonchev–Trinajstić information content (AvgIpc) is 2.18. The molecule has 70 valence electrons. The Labute approximate surface area is 77.1 Å². The molecule has 0 amide bonds. The van der Waals surface area contributed by atoms with Crippen molar-refractivity contribution in [3.05, 3.63) is 18.2 Å². The van der Waals surface area contributed by atoms with Crippen LogP contribution in [0.15, 0.2) is 12.5 Å². The smallest absolute Gasteiger partial charge is 0.358 e. The number of aromatic carboxylic acids is 1. The summed E-state index contributed by atoms with van der Waals surface area (Å²) < 4.78 is 0. The van der Waals surface area contributed by atoms with E-state index in [4.69, 9.17) is 5.11 Å². The van der Waals surface area contributed by atoms with Crippen molar-refractivity contribution in [3.8, 4) is 5.75 Å². The second kappa shape index (κ2) is 2.87. The standard InChI is InChI=1S/C7H4N4O3/c12-6-4-3(9-2-10-11-4)1-8-5(6)7(13)14/h1-2,12H,(H,13,14). The molecule has 0 atom stereocenters. The molecule has 2 heterocycles. The van der Waals surface area contributed by atoms with Gasteiger partial charge < -0.3 is 10.2 Å². The lowest BCUT2D eigenvalue weighted by Gasteiger charge is -1.99. The number of hydrogen-bond acceptors (Lipinski definition) is 6. The summed E-state index contributed by atoms with van der Waals surface area (Å²) in [5, 5.41) is 25.1. The molecule has 7 heteroatoms. The van der Waals surface area contributed by atoms with Crippen LogP contribution < -0.4 is 0 Å². The summed E-state index contributed by atoms with van der Waals surface area (Å²) in [6.45, 7) is 0. The molecule has 0 aliphatic rings. The summed E-state index contributed by atoms with van der Waals surface area (Å²) in [5.74, 6) is -1.84. The van der Waals surface area contributed by atoms with Crippen LogP contribution in [0.5, 0.6) is 5.75 Å². The minimum Gasteiger partial charge on any atom is -0.504 e. The van der Waals surface area contributed by atoms with Crippen LogP contribution in [0.2, 0.25) is 0 Å². The molecule has 2 rings (SSSR count). The number of aromatic nitrogens is 4. The van der Waals surface area contributed by atoms with Crippen molar-refractivity contribution >= 4 is 17.0 Å². The number of hydrogen-bond donors (Lipinski definition) is 2. The third-order valence-electron chi connectivity index (χ3n) is 1.62. The lowest BCUT2D eigenvalue weighted by molar-refractivity contribution is 0.0687. The van der Waals surface area contributed by atoms with Crippen molar-refractivity contribution in [2.24, 2.45) is 0 Å². The van der Waals surface area contributed by atoms with Crippen LogP contribution in [0.4, 0.5) is 0 Å². The van der Waals surface area contributed by atoms with Gasteiger partial charge in [-0.15, -0.1) is 10.2 Å². The first-order chi connectivity index (χ1) is 6.70. The lowest BCUT2D eigenvalue weighted by Crippen LogP contribution is -2.02. The Morgan fingerprint density at radius 1 is 1.36 bits per heavy atom. The SMILES string of the molecule is O=C(O)c1ncc2ncnnc2c1O. The first kappa shape index (κ1) is 8.30. The van der Waals surface area contributed by atoms with Gasteiger partial charge in [0.1, 0.15) is 11.8 Å². The molecule has 2 aromatic rings. The van der Waals surface area contributed by atoms with E-state index in [-0.39, 0.29) is 5.52 Å².